The van der Waals surface area contributed by atoms with Gasteiger partial charge in [-0.2, -0.15) is 0 Å². The minimum Gasteiger partial charge on any atom is -0.486 e. The van der Waals surface area contributed by atoms with Crippen molar-refractivity contribution >= 4 is 27.1 Å². The van der Waals surface area contributed by atoms with Crippen molar-refractivity contribution in [2.45, 2.75) is 18.8 Å². The zero-order valence-electron chi connectivity index (χ0n) is 12.9. The molecule has 1 saturated heterocycles. The molecule has 1 atom stereocenters. The highest BCUT2D eigenvalue weighted by Crippen LogP contribution is 2.20. The molecular formula is C16H17NO5S2. The summed E-state index contributed by atoms with van der Waals surface area (Å²) in [5.74, 6) is -0.00922. The van der Waals surface area contributed by atoms with Crippen molar-refractivity contribution in [1.29, 1.82) is 0 Å². The fourth-order valence-electron chi connectivity index (χ4n) is 2.46. The van der Waals surface area contributed by atoms with Crippen molar-refractivity contribution < 1.29 is 22.7 Å². The Morgan fingerprint density at radius 2 is 2.08 bits per heavy atom. The van der Waals surface area contributed by atoms with E-state index in [-0.39, 0.29) is 36.4 Å². The van der Waals surface area contributed by atoms with Crippen LogP contribution in [-0.2, 0) is 31.7 Å². The Hall–Kier alpha value is -1.93. The number of hydrogen-bond donors (Lipinski definition) is 0. The van der Waals surface area contributed by atoms with E-state index < -0.39 is 9.84 Å². The van der Waals surface area contributed by atoms with E-state index in [0.29, 0.717) is 12.3 Å². The van der Waals surface area contributed by atoms with Gasteiger partial charge in [0.2, 0.25) is 0 Å². The summed E-state index contributed by atoms with van der Waals surface area (Å²) < 4.78 is 34.8. The van der Waals surface area contributed by atoms with E-state index in [0.717, 1.165) is 10.8 Å². The number of benzene rings is 1. The number of nitrogens with zero attached hydrogens (tertiary/aromatic N) is 1. The number of aromatic nitrogens is 1. The summed E-state index contributed by atoms with van der Waals surface area (Å²) in [6.07, 6.45) is 0.173. The van der Waals surface area contributed by atoms with Crippen LogP contribution in [0.1, 0.15) is 17.1 Å². The number of carbonyl (C=O) groups is 1. The van der Waals surface area contributed by atoms with Crippen LogP contribution in [0.25, 0.3) is 0 Å². The maximum atomic E-state index is 12.2. The van der Waals surface area contributed by atoms with E-state index in [1.165, 1.54) is 11.3 Å². The Morgan fingerprint density at radius 3 is 2.79 bits per heavy atom. The Bertz CT molecular complexity index is 801. The van der Waals surface area contributed by atoms with Crippen LogP contribution in [0, 0.1) is 5.92 Å². The molecule has 3 rings (SSSR count). The van der Waals surface area contributed by atoms with E-state index in [1.807, 2.05) is 30.3 Å². The molecule has 0 N–H and O–H groups in total. The number of esters is 1. The fourth-order valence-corrected chi connectivity index (χ4v) is 4.92. The molecular weight excluding hydrogens is 350 g/mol. The second-order valence-corrected chi connectivity index (χ2v) is 8.69. The summed E-state index contributed by atoms with van der Waals surface area (Å²) >= 11 is 1.37. The number of ether oxygens (including phenoxy) is 2. The Morgan fingerprint density at radius 1 is 1.29 bits per heavy atom. The average Bonchev–Trinajstić information content (AvgIpc) is 3.14. The quantitative estimate of drug-likeness (QED) is 0.698. The highest BCUT2D eigenvalue weighted by Gasteiger charge is 2.29. The molecule has 0 spiro atoms. The molecule has 8 heteroatoms. The number of thiazole rings is 1. The molecule has 2 heterocycles. The number of rotatable bonds is 7. The molecule has 2 aromatic rings. The Labute approximate surface area is 144 Å². The molecule has 1 fully saturated rings. The molecule has 128 valence electrons. The molecule has 1 aromatic carbocycles. The van der Waals surface area contributed by atoms with Gasteiger partial charge in [-0.25, -0.2) is 13.4 Å². The highest BCUT2D eigenvalue weighted by molar-refractivity contribution is 7.90. The molecule has 1 unspecified atom stereocenters. The Balaban J connectivity index is 1.54. The third kappa shape index (κ3) is 4.78. The first kappa shape index (κ1) is 16.9. The predicted octanol–water partition coefficient (Wildman–Crippen LogP) is 2.20. The van der Waals surface area contributed by atoms with Gasteiger partial charge in [-0.1, -0.05) is 18.2 Å². The first-order valence-corrected chi connectivity index (χ1v) is 10.2. The summed E-state index contributed by atoms with van der Waals surface area (Å²) in [7, 11) is -3.32. The van der Waals surface area contributed by atoms with Gasteiger partial charge < -0.3 is 9.47 Å². The van der Waals surface area contributed by atoms with Crippen LogP contribution in [0.4, 0.5) is 0 Å². The van der Waals surface area contributed by atoms with Crippen LogP contribution >= 0.6 is 11.3 Å². The summed E-state index contributed by atoms with van der Waals surface area (Å²) in [6.45, 7) is 0.491. The fraction of sp³-hybridized carbons (Fsp3) is 0.375. The first-order valence-electron chi connectivity index (χ1n) is 7.47. The van der Waals surface area contributed by atoms with Crippen LogP contribution in [0.3, 0.4) is 0 Å². The van der Waals surface area contributed by atoms with Gasteiger partial charge >= 0.3 is 5.97 Å². The molecule has 24 heavy (non-hydrogen) atoms. The number of para-hydroxylation sites is 1. The molecule has 1 aliphatic rings. The summed E-state index contributed by atoms with van der Waals surface area (Å²) in [5, 5.41) is 2.46. The largest absolute Gasteiger partial charge is 0.486 e. The lowest BCUT2D eigenvalue weighted by atomic mass is 10.2. The summed E-state index contributed by atoms with van der Waals surface area (Å²) in [5.41, 5.74) is 0.511. The minimum atomic E-state index is -3.32. The molecule has 6 nitrogen and oxygen atoms in total. The van der Waals surface area contributed by atoms with Crippen LogP contribution < -0.4 is 4.74 Å². The van der Waals surface area contributed by atoms with Gasteiger partial charge in [0.15, 0.2) is 9.84 Å². The van der Waals surface area contributed by atoms with Crippen LogP contribution in [0.5, 0.6) is 5.75 Å². The monoisotopic (exact) mass is 367 g/mol. The summed E-state index contributed by atoms with van der Waals surface area (Å²) in [4.78, 5) is 15.4. The molecule has 0 bridgehead atoms. The van der Waals surface area contributed by atoms with Gasteiger partial charge in [-0.05, 0) is 12.1 Å². The van der Waals surface area contributed by atoms with Crippen molar-refractivity contribution in [2.24, 2.45) is 5.92 Å². The Kier molecular flexibility index (Phi) is 5.15. The van der Waals surface area contributed by atoms with Crippen LogP contribution in [0.2, 0.25) is 0 Å². The van der Waals surface area contributed by atoms with Gasteiger partial charge in [0.1, 0.15) is 17.4 Å². The van der Waals surface area contributed by atoms with Crippen molar-refractivity contribution in [3.63, 3.8) is 0 Å². The second-order valence-electron chi connectivity index (χ2n) is 5.64. The molecule has 0 radical (unpaired) electrons. The zero-order chi connectivity index (χ0) is 17.0. The smallest absolute Gasteiger partial charge is 0.306 e. The van der Waals surface area contributed by atoms with Gasteiger partial charge in [0.05, 0.1) is 30.2 Å². The van der Waals surface area contributed by atoms with Gasteiger partial charge in [0.25, 0.3) is 0 Å². The number of hydrogen-bond acceptors (Lipinski definition) is 7. The highest BCUT2D eigenvalue weighted by atomic mass is 32.2. The number of sulfone groups is 1. The molecule has 1 aliphatic heterocycles. The first-order chi connectivity index (χ1) is 11.5. The van der Waals surface area contributed by atoms with E-state index >= 15 is 0 Å². The van der Waals surface area contributed by atoms with Gasteiger partial charge in [-0.3, -0.25) is 4.79 Å². The SMILES string of the molecule is O=C1CC(CS(=O)(=O)Cc2csc(COc3ccccc3)n2)CO1. The van der Waals surface area contributed by atoms with Crippen molar-refractivity contribution in [3.8, 4) is 5.75 Å². The van der Waals surface area contributed by atoms with Crippen LogP contribution in [-0.4, -0.2) is 31.7 Å². The molecule has 1 aromatic heterocycles. The van der Waals surface area contributed by atoms with Gasteiger partial charge in [0, 0.05) is 11.3 Å². The lowest BCUT2D eigenvalue weighted by Crippen LogP contribution is -2.18. The lowest BCUT2D eigenvalue weighted by Gasteiger charge is -2.06. The van der Waals surface area contributed by atoms with E-state index in [4.69, 9.17) is 9.47 Å². The van der Waals surface area contributed by atoms with E-state index in [1.54, 1.807) is 5.38 Å². The predicted molar refractivity (Wildman–Crippen MR) is 89.4 cm³/mol. The maximum Gasteiger partial charge on any atom is 0.306 e. The minimum absolute atomic E-state index is 0.0495. The lowest BCUT2D eigenvalue weighted by molar-refractivity contribution is -0.137. The third-order valence-electron chi connectivity index (χ3n) is 3.50. The van der Waals surface area contributed by atoms with Crippen molar-refractivity contribution in [1.82, 2.24) is 4.98 Å². The van der Waals surface area contributed by atoms with Crippen LogP contribution in [0.15, 0.2) is 35.7 Å². The van der Waals surface area contributed by atoms with Crippen molar-refractivity contribution in [2.75, 3.05) is 12.4 Å². The zero-order valence-corrected chi connectivity index (χ0v) is 14.5. The van der Waals surface area contributed by atoms with Crippen molar-refractivity contribution in [3.05, 3.63) is 46.4 Å². The topological polar surface area (TPSA) is 82.6 Å². The van der Waals surface area contributed by atoms with E-state index in [2.05, 4.69) is 4.98 Å². The molecule has 0 saturated carbocycles. The second kappa shape index (κ2) is 7.31. The normalized spacial score (nSPS) is 17.7. The number of cyclic esters (lactones) is 1. The third-order valence-corrected chi connectivity index (χ3v) is 6.08. The number of carbonyl (C=O) groups excluding carboxylic acids is 1. The maximum absolute atomic E-state index is 12.2. The summed E-state index contributed by atoms with van der Waals surface area (Å²) in [6, 6.07) is 9.37. The standard InChI is InChI=1S/C16H17NO5S2/c18-16-6-12(7-22-16)10-24(19,20)11-13-9-23-15(17-13)8-21-14-4-2-1-3-5-14/h1-5,9,12H,6-8,10-11H2. The molecule has 0 aliphatic carbocycles. The average molecular weight is 367 g/mol. The van der Waals surface area contributed by atoms with E-state index in [9.17, 15) is 13.2 Å². The molecule has 0 amide bonds. The van der Waals surface area contributed by atoms with Gasteiger partial charge in [-0.15, -0.1) is 11.3 Å².